The van der Waals surface area contributed by atoms with Crippen LogP contribution in [0.2, 0.25) is 0 Å². The Morgan fingerprint density at radius 2 is 1.66 bits per heavy atom. The van der Waals surface area contributed by atoms with Gasteiger partial charge in [0.15, 0.2) is 11.7 Å². The van der Waals surface area contributed by atoms with Crippen molar-refractivity contribution in [1.29, 1.82) is 0 Å². The van der Waals surface area contributed by atoms with Crippen molar-refractivity contribution >= 4 is 28.6 Å². The molecule has 2 N–H and O–H groups in total. The molecule has 3 aliphatic rings. The molecule has 2 heterocycles. The van der Waals surface area contributed by atoms with Crippen molar-refractivity contribution in [3.8, 4) is 17.6 Å². The van der Waals surface area contributed by atoms with E-state index in [0.717, 1.165) is 21.9 Å². The molecule has 44 heavy (non-hydrogen) atoms. The number of rotatable bonds is 4. The Morgan fingerprint density at radius 3 is 2.43 bits per heavy atom. The number of hydrogen-bond donors (Lipinski definition) is 2. The number of likely N-dealkylation sites (N-methyl/N-ethyl adjacent to an activating group) is 1. The maximum Gasteiger partial charge on any atom is 0.334 e. The lowest BCUT2D eigenvalue weighted by Crippen LogP contribution is -2.76. The molecule has 1 aliphatic carbocycles. The van der Waals surface area contributed by atoms with Crippen LogP contribution >= 0.6 is 0 Å². The van der Waals surface area contributed by atoms with Gasteiger partial charge in [0.25, 0.3) is 5.91 Å². The van der Waals surface area contributed by atoms with Crippen LogP contribution in [0.15, 0.2) is 97.1 Å². The number of hydrogen-bond acceptors (Lipinski definition) is 5. The van der Waals surface area contributed by atoms with Gasteiger partial charge in [0.05, 0.1) is 12.6 Å². The average Bonchev–Trinajstić information content (AvgIpc) is 3.76. The zero-order valence-corrected chi connectivity index (χ0v) is 24.2. The molecule has 1 saturated carbocycles. The minimum atomic E-state index is -1.09. The summed E-state index contributed by atoms with van der Waals surface area (Å²) in [7, 11) is 1.72. The Balaban J connectivity index is 1.26. The predicted molar refractivity (Wildman–Crippen MR) is 164 cm³/mol. The van der Waals surface area contributed by atoms with Crippen LogP contribution in [0.3, 0.4) is 0 Å². The molecule has 3 fully saturated rings. The fourth-order valence-electron chi connectivity index (χ4n) is 6.54. The van der Waals surface area contributed by atoms with E-state index < -0.39 is 17.7 Å². The monoisotopic (exact) mass is 585 g/mol. The number of urea groups is 1. The fourth-order valence-corrected chi connectivity index (χ4v) is 6.54. The van der Waals surface area contributed by atoms with E-state index in [1.165, 1.54) is 17.0 Å². The number of hydrazine groups is 1. The molecule has 3 atom stereocenters. The lowest BCUT2D eigenvalue weighted by atomic mass is 10.0. The van der Waals surface area contributed by atoms with E-state index in [0.29, 0.717) is 25.1 Å². The highest BCUT2D eigenvalue weighted by Crippen LogP contribution is 2.55. The highest BCUT2D eigenvalue weighted by molar-refractivity contribution is 5.96. The maximum absolute atomic E-state index is 14.2. The van der Waals surface area contributed by atoms with Crippen molar-refractivity contribution < 1.29 is 19.5 Å². The van der Waals surface area contributed by atoms with Crippen LogP contribution in [0, 0.1) is 11.8 Å². The number of piperazine rings is 1. The second-order valence-corrected chi connectivity index (χ2v) is 11.5. The van der Waals surface area contributed by atoms with Crippen LogP contribution in [0.1, 0.15) is 23.1 Å². The Hall–Kier alpha value is -5.33. The van der Waals surface area contributed by atoms with Crippen LogP contribution in [0.4, 0.5) is 4.79 Å². The molecule has 9 heteroatoms. The van der Waals surface area contributed by atoms with Gasteiger partial charge in [-0.15, -0.1) is 0 Å². The van der Waals surface area contributed by atoms with E-state index in [1.54, 1.807) is 34.1 Å². The third-order valence-corrected chi connectivity index (χ3v) is 8.64. The third-order valence-electron chi connectivity index (χ3n) is 8.64. The topological polar surface area (TPSA) is 96.4 Å². The molecular formula is C35H31N5O4. The molecule has 2 saturated heterocycles. The van der Waals surface area contributed by atoms with Crippen LogP contribution in [-0.2, 0) is 22.7 Å². The van der Waals surface area contributed by atoms with E-state index in [-0.39, 0.29) is 30.1 Å². The zero-order chi connectivity index (χ0) is 30.4. The second kappa shape index (κ2) is 10.7. The van der Waals surface area contributed by atoms with Crippen molar-refractivity contribution in [2.75, 3.05) is 13.6 Å². The summed E-state index contributed by atoms with van der Waals surface area (Å²) in [5, 5.41) is 18.1. The normalized spacial score (nSPS) is 22.6. The number of benzene rings is 4. The van der Waals surface area contributed by atoms with Gasteiger partial charge >= 0.3 is 6.03 Å². The lowest BCUT2D eigenvalue weighted by Gasteiger charge is -2.53. The first-order valence-electron chi connectivity index (χ1n) is 14.6. The highest BCUT2D eigenvalue weighted by Gasteiger charge is 2.75. The van der Waals surface area contributed by atoms with Crippen molar-refractivity contribution in [1.82, 2.24) is 25.1 Å². The summed E-state index contributed by atoms with van der Waals surface area (Å²) < 4.78 is 0. The molecule has 1 unspecified atom stereocenters. The molecule has 4 aromatic rings. The van der Waals surface area contributed by atoms with E-state index in [4.69, 9.17) is 0 Å². The van der Waals surface area contributed by atoms with Crippen molar-refractivity contribution in [2.45, 2.75) is 37.3 Å². The van der Waals surface area contributed by atoms with Crippen LogP contribution in [0.5, 0.6) is 5.75 Å². The molecule has 220 valence electrons. The standard InChI is InChI=1S/C35H31N5O4/c1-37-23-32(42)39-30(18-14-24-12-16-29(41)17-13-24)33(43)38(22-26-11-15-27-9-5-6-10-28(27)19-26)31-20-35(31,39)40(37)34(44)36-21-25-7-3-2-4-8-25/h2-13,15-17,19,30-31,41H,20-23H2,1H3,(H,36,44)/t30?,31-,35-/m1/s1. The van der Waals surface area contributed by atoms with Gasteiger partial charge in [-0.25, -0.2) is 14.8 Å². The number of carbonyl (C=O) groups excluding carboxylic acids is 3. The molecule has 4 aromatic carbocycles. The molecule has 9 nitrogen and oxygen atoms in total. The van der Waals surface area contributed by atoms with E-state index in [2.05, 4.69) is 23.2 Å². The summed E-state index contributed by atoms with van der Waals surface area (Å²) in [4.78, 5) is 45.1. The smallest absolute Gasteiger partial charge is 0.334 e. The predicted octanol–water partition coefficient (Wildman–Crippen LogP) is 3.68. The van der Waals surface area contributed by atoms with Crippen LogP contribution < -0.4 is 5.32 Å². The molecule has 0 radical (unpaired) electrons. The Kier molecular flexibility index (Phi) is 6.71. The molecule has 0 bridgehead atoms. The number of fused-ring (bicyclic) bond motifs is 1. The third kappa shape index (κ3) is 4.70. The van der Waals surface area contributed by atoms with Crippen LogP contribution in [-0.4, -0.2) is 74.1 Å². The van der Waals surface area contributed by atoms with Crippen LogP contribution in [0.25, 0.3) is 10.8 Å². The minimum Gasteiger partial charge on any atom is -0.508 e. The summed E-state index contributed by atoms with van der Waals surface area (Å²) in [5.41, 5.74) is 1.44. The summed E-state index contributed by atoms with van der Waals surface area (Å²) in [6.07, 6.45) is 0.415. The van der Waals surface area contributed by atoms with Gasteiger partial charge in [0, 0.05) is 32.1 Å². The van der Waals surface area contributed by atoms with Crippen molar-refractivity contribution in [3.63, 3.8) is 0 Å². The lowest BCUT2D eigenvalue weighted by molar-refractivity contribution is -0.188. The number of nitrogens with zero attached hydrogens (tertiary/aromatic N) is 4. The van der Waals surface area contributed by atoms with Crippen molar-refractivity contribution in [3.05, 3.63) is 114 Å². The van der Waals surface area contributed by atoms with Gasteiger partial charge < -0.3 is 15.3 Å². The number of phenolic OH excluding ortho intramolecular Hbond substituents is 1. The number of phenols is 1. The van der Waals surface area contributed by atoms with Gasteiger partial charge in [-0.05, 0) is 52.2 Å². The number of aromatic hydroxyl groups is 1. The quantitative estimate of drug-likeness (QED) is 0.357. The number of amides is 4. The average molecular weight is 586 g/mol. The molecule has 1 spiro atoms. The van der Waals surface area contributed by atoms with Crippen molar-refractivity contribution in [2.24, 2.45) is 0 Å². The Morgan fingerprint density at radius 1 is 0.932 bits per heavy atom. The second-order valence-electron chi connectivity index (χ2n) is 11.5. The number of nitrogens with one attached hydrogen (secondary N) is 1. The summed E-state index contributed by atoms with van der Waals surface area (Å²) in [6.45, 7) is 0.573. The molecular weight excluding hydrogens is 554 g/mol. The molecule has 4 amide bonds. The summed E-state index contributed by atoms with van der Waals surface area (Å²) in [5.74, 6) is 5.69. The maximum atomic E-state index is 14.2. The van der Waals surface area contributed by atoms with Gasteiger partial charge in [-0.3, -0.25) is 14.5 Å². The number of carbonyl (C=O) groups is 3. The first kappa shape index (κ1) is 27.5. The SMILES string of the molecule is CN1CC(=O)N2C(C#Cc3ccc(O)cc3)C(=O)N(Cc3ccc4ccccc4c3)[C@@H]3C[C@@]32N1C(=O)NCc1ccccc1. The molecule has 0 aromatic heterocycles. The Labute approximate surface area is 255 Å². The zero-order valence-electron chi connectivity index (χ0n) is 24.2. The first-order chi connectivity index (χ1) is 21.3. The highest BCUT2D eigenvalue weighted by atomic mass is 16.3. The van der Waals surface area contributed by atoms with E-state index >= 15 is 0 Å². The first-order valence-corrected chi connectivity index (χ1v) is 14.6. The van der Waals surface area contributed by atoms with Gasteiger partial charge in [-0.2, -0.15) is 0 Å². The van der Waals surface area contributed by atoms with Gasteiger partial charge in [0.1, 0.15) is 5.75 Å². The van der Waals surface area contributed by atoms with E-state index in [1.807, 2.05) is 66.7 Å². The fraction of sp³-hybridized carbons (Fsp3) is 0.229. The molecule has 2 aliphatic heterocycles. The largest absolute Gasteiger partial charge is 0.508 e. The Bertz CT molecular complexity index is 1830. The molecule has 7 rings (SSSR count). The van der Waals surface area contributed by atoms with Gasteiger partial charge in [-0.1, -0.05) is 78.6 Å². The summed E-state index contributed by atoms with van der Waals surface area (Å²) in [6, 6.07) is 28.3. The minimum absolute atomic E-state index is 0.0669. The van der Waals surface area contributed by atoms with E-state index in [9.17, 15) is 19.5 Å². The van der Waals surface area contributed by atoms with Gasteiger partial charge in [0.2, 0.25) is 5.91 Å². The summed E-state index contributed by atoms with van der Waals surface area (Å²) >= 11 is 0.